The lowest BCUT2D eigenvalue weighted by atomic mass is 10.0. The number of ether oxygens (including phenoxy) is 2. The van der Waals surface area contributed by atoms with E-state index in [4.69, 9.17) is 15.2 Å². The van der Waals surface area contributed by atoms with E-state index in [1.54, 1.807) is 14.2 Å². The highest BCUT2D eigenvalue weighted by Gasteiger charge is 2.41. The predicted molar refractivity (Wildman–Crippen MR) is 87.4 cm³/mol. The molecular formula is C17H25N3O3. The Morgan fingerprint density at radius 1 is 1.17 bits per heavy atom. The van der Waals surface area contributed by atoms with Gasteiger partial charge in [0.25, 0.3) is 0 Å². The van der Waals surface area contributed by atoms with Crippen LogP contribution in [-0.2, 0) is 11.3 Å². The lowest BCUT2D eigenvalue weighted by Crippen LogP contribution is -2.36. The average Bonchev–Trinajstić information content (AvgIpc) is 3.12. The second-order valence-corrected chi connectivity index (χ2v) is 6.39. The van der Waals surface area contributed by atoms with Crippen molar-refractivity contribution in [3.8, 4) is 11.5 Å². The number of fused-ring (bicyclic) bond motifs is 1. The van der Waals surface area contributed by atoms with Gasteiger partial charge >= 0.3 is 0 Å². The van der Waals surface area contributed by atoms with Crippen molar-refractivity contribution in [1.29, 1.82) is 0 Å². The van der Waals surface area contributed by atoms with Gasteiger partial charge in [0.05, 0.1) is 20.8 Å². The summed E-state index contributed by atoms with van der Waals surface area (Å²) in [6.07, 6.45) is 0. The molecule has 2 aliphatic rings. The zero-order chi connectivity index (χ0) is 16.4. The zero-order valence-corrected chi connectivity index (χ0v) is 13.8. The maximum Gasteiger partial charge on any atom is 0.236 e. The highest BCUT2D eigenvalue weighted by Crippen LogP contribution is 2.33. The Labute approximate surface area is 137 Å². The van der Waals surface area contributed by atoms with Crippen LogP contribution in [-0.4, -0.2) is 62.7 Å². The van der Waals surface area contributed by atoms with Crippen LogP contribution in [0, 0.1) is 11.8 Å². The summed E-state index contributed by atoms with van der Waals surface area (Å²) in [4.78, 5) is 16.1. The van der Waals surface area contributed by atoms with Crippen LogP contribution in [0.3, 0.4) is 0 Å². The summed E-state index contributed by atoms with van der Waals surface area (Å²) in [6.45, 7) is 4.72. The summed E-state index contributed by atoms with van der Waals surface area (Å²) < 4.78 is 10.7. The number of hydrogen-bond donors (Lipinski definition) is 1. The van der Waals surface area contributed by atoms with Crippen LogP contribution >= 0.6 is 0 Å². The molecule has 0 aromatic heterocycles. The van der Waals surface area contributed by atoms with Crippen molar-refractivity contribution in [1.82, 2.24) is 9.80 Å². The SMILES string of the molecule is COc1ccc(CN2CC3CN(C(=O)CN)CC3C2)c(OC)c1. The summed E-state index contributed by atoms with van der Waals surface area (Å²) >= 11 is 0. The number of carbonyl (C=O) groups excluding carboxylic acids is 1. The lowest BCUT2D eigenvalue weighted by molar-refractivity contribution is -0.129. The van der Waals surface area contributed by atoms with E-state index >= 15 is 0 Å². The molecule has 6 nitrogen and oxygen atoms in total. The number of hydrogen-bond acceptors (Lipinski definition) is 5. The molecule has 2 heterocycles. The summed E-state index contributed by atoms with van der Waals surface area (Å²) in [5, 5.41) is 0. The Kier molecular flexibility index (Phi) is 4.73. The van der Waals surface area contributed by atoms with E-state index in [9.17, 15) is 4.79 Å². The van der Waals surface area contributed by atoms with Crippen molar-refractivity contribution < 1.29 is 14.3 Å². The number of amides is 1. The molecule has 2 unspecified atom stereocenters. The highest BCUT2D eigenvalue weighted by molar-refractivity contribution is 5.78. The van der Waals surface area contributed by atoms with Gasteiger partial charge in [-0.05, 0) is 17.9 Å². The van der Waals surface area contributed by atoms with E-state index in [1.165, 1.54) is 5.56 Å². The van der Waals surface area contributed by atoms with Gasteiger partial charge in [-0.25, -0.2) is 0 Å². The number of rotatable bonds is 5. The second-order valence-electron chi connectivity index (χ2n) is 6.39. The molecule has 2 fully saturated rings. The maximum atomic E-state index is 11.7. The summed E-state index contributed by atoms with van der Waals surface area (Å²) in [5.41, 5.74) is 6.63. The molecule has 0 saturated carbocycles. The van der Waals surface area contributed by atoms with Crippen LogP contribution < -0.4 is 15.2 Å². The lowest BCUT2D eigenvalue weighted by Gasteiger charge is -2.22. The van der Waals surface area contributed by atoms with Crippen molar-refractivity contribution in [2.24, 2.45) is 17.6 Å². The fourth-order valence-corrected chi connectivity index (χ4v) is 3.78. The monoisotopic (exact) mass is 319 g/mol. The van der Waals surface area contributed by atoms with Crippen molar-refractivity contribution in [2.75, 3.05) is 46.9 Å². The summed E-state index contributed by atoms with van der Waals surface area (Å²) in [6, 6.07) is 5.96. The molecule has 2 saturated heterocycles. The molecule has 23 heavy (non-hydrogen) atoms. The number of benzene rings is 1. The van der Waals surface area contributed by atoms with Gasteiger partial charge in [0.15, 0.2) is 0 Å². The Bertz CT molecular complexity index is 564. The maximum absolute atomic E-state index is 11.7. The minimum Gasteiger partial charge on any atom is -0.497 e. The molecule has 1 aromatic carbocycles. The Morgan fingerprint density at radius 3 is 2.43 bits per heavy atom. The molecule has 1 aromatic rings. The molecule has 126 valence electrons. The number of likely N-dealkylation sites (tertiary alicyclic amines) is 2. The number of methoxy groups -OCH3 is 2. The van der Waals surface area contributed by atoms with Crippen LogP contribution in [0.15, 0.2) is 18.2 Å². The first-order valence-electron chi connectivity index (χ1n) is 8.05. The van der Waals surface area contributed by atoms with Gasteiger partial charge in [-0.15, -0.1) is 0 Å². The molecule has 0 aliphatic carbocycles. The predicted octanol–water partition coefficient (Wildman–Crippen LogP) is 0.553. The fourth-order valence-electron chi connectivity index (χ4n) is 3.78. The van der Waals surface area contributed by atoms with E-state index in [0.717, 1.165) is 44.2 Å². The van der Waals surface area contributed by atoms with Crippen LogP contribution in [0.2, 0.25) is 0 Å². The van der Waals surface area contributed by atoms with Gasteiger partial charge in [-0.1, -0.05) is 6.07 Å². The van der Waals surface area contributed by atoms with Gasteiger partial charge < -0.3 is 20.1 Å². The molecule has 2 aliphatic heterocycles. The van der Waals surface area contributed by atoms with E-state index < -0.39 is 0 Å². The largest absolute Gasteiger partial charge is 0.497 e. The molecular weight excluding hydrogens is 294 g/mol. The first-order chi connectivity index (χ1) is 11.1. The topological polar surface area (TPSA) is 68.0 Å². The first-order valence-corrected chi connectivity index (χ1v) is 8.05. The number of carbonyl (C=O) groups is 1. The summed E-state index contributed by atoms with van der Waals surface area (Å²) in [7, 11) is 3.35. The molecule has 0 bridgehead atoms. The Balaban J connectivity index is 1.61. The standard InChI is InChI=1S/C17H25N3O3/c1-22-15-4-3-12(16(5-15)23-2)7-19-8-13-10-20(17(21)6-18)11-14(13)9-19/h3-5,13-14H,6-11,18H2,1-2H3. The van der Waals surface area contributed by atoms with Crippen molar-refractivity contribution in [2.45, 2.75) is 6.54 Å². The van der Waals surface area contributed by atoms with Crippen molar-refractivity contribution >= 4 is 5.91 Å². The molecule has 3 rings (SSSR count). The third-order valence-corrected chi connectivity index (χ3v) is 4.98. The smallest absolute Gasteiger partial charge is 0.236 e. The second kappa shape index (κ2) is 6.76. The molecule has 1 amide bonds. The fraction of sp³-hybridized carbons (Fsp3) is 0.588. The quantitative estimate of drug-likeness (QED) is 0.858. The third kappa shape index (κ3) is 3.28. The minimum absolute atomic E-state index is 0.0720. The van der Waals surface area contributed by atoms with E-state index in [1.807, 2.05) is 17.0 Å². The van der Waals surface area contributed by atoms with Crippen LogP contribution in [0.1, 0.15) is 5.56 Å². The normalized spacial score (nSPS) is 23.9. The van der Waals surface area contributed by atoms with Crippen molar-refractivity contribution in [3.05, 3.63) is 23.8 Å². The number of nitrogens with two attached hydrogens (primary N) is 1. The van der Waals surface area contributed by atoms with Crippen LogP contribution in [0.25, 0.3) is 0 Å². The van der Waals surface area contributed by atoms with Gasteiger partial charge in [-0.2, -0.15) is 0 Å². The first kappa shape index (κ1) is 16.1. The van der Waals surface area contributed by atoms with Gasteiger partial charge in [0, 0.05) is 44.4 Å². The van der Waals surface area contributed by atoms with Gasteiger partial charge in [0.2, 0.25) is 5.91 Å². The molecule has 6 heteroatoms. The van der Waals surface area contributed by atoms with E-state index in [0.29, 0.717) is 11.8 Å². The highest BCUT2D eigenvalue weighted by atomic mass is 16.5. The molecule has 0 radical (unpaired) electrons. The Hall–Kier alpha value is -1.79. The average molecular weight is 319 g/mol. The Morgan fingerprint density at radius 2 is 1.87 bits per heavy atom. The third-order valence-electron chi connectivity index (χ3n) is 4.98. The zero-order valence-electron chi connectivity index (χ0n) is 13.8. The molecule has 2 atom stereocenters. The van der Waals surface area contributed by atoms with Crippen LogP contribution in [0.4, 0.5) is 0 Å². The van der Waals surface area contributed by atoms with Gasteiger partial charge in [0.1, 0.15) is 11.5 Å². The summed E-state index contributed by atoms with van der Waals surface area (Å²) in [5.74, 6) is 2.87. The molecule has 0 spiro atoms. The minimum atomic E-state index is 0.0720. The van der Waals surface area contributed by atoms with Crippen molar-refractivity contribution in [3.63, 3.8) is 0 Å². The van der Waals surface area contributed by atoms with Crippen LogP contribution in [0.5, 0.6) is 11.5 Å². The van der Waals surface area contributed by atoms with E-state index in [-0.39, 0.29) is 12.5 Å². The molecule has 2 N–H and O–H groups in total. The van der Waals surface area contributed by atoms with E-state index in [2.05, 4.69) is 11.0 Å². The van der Waals surface area contributed by atoms with Gasteiger partial charge in [-0.3, -0.25) is 9.69 Å². The number of nitrogens with zero attached hydrogens (tertiary/aromatic N) is 2.